The second kappa shape index (κ2) is 11.9. The molecule has 1 atom stereocenters. The van der Waals surface area contributed by atoms with Gasteiger partial charge in [-0.2, -0.15) is 0 Å². The molecular formula is C21H25ClN2O6. The molecule has 0 spiro atoms. The number of phenols is 1. The largest absolute Gasteiger partial charge is 0.508 e. The Bertz CT molecular complexity index is 807. The summed E-state index contributed by atoms with van der Waals surface area (Å²) in [6.07, 6.45) is -0.625. The summed E-state index contributed by atoms with van der Waals surface area (Å²) in [6, 6.07) is 12.1. The highest BCUT2D eigenvalue weighted by molar-refractivity contribution is 6.18. The average molecular weight is 437 g/mol. The van der Waals surface area contributed by atoms with Crippen molar-refractivity contribution in [3.8, 4) is 11.5 Å². The van der Waals surface area contributed by atoms with Crippen LogP contribution < -0.4 is 15.0 Å². The molecule has 0 saturated heterocycles. The van der Waals surface area contributed by atoms with E-state index in [9.17, 15) is 14.7 Å². The fourth-order valence-corrected chi connectivity index (χ4v) is 3.00. The number of halogens is 1. The molecule has 2 aromatic carbocycles. The Balaban J connectivity index is 2.00. The van der Waals surface area contributed by atoms with E-state index in [1.807, 2.05) is 4.90 Å². The highest BCUT2D eigenvalue weighted by Gasteiger charge is 2.23. The lowest BCUT2D eigenvalue weighted by atomic mass is 10.1. The number of benzene rings is 2. The summed E-state index contributed by atoms with van der Waals surface area (Å²) in [5, 5.41) is 21.0. The van der Waals surface area contributed by atoms with Crippen LogP contribution in [0.1, 0.15) is 5.56 Å². The Hall–Kier alpha value is -2.97. The summed E-state index contributed by atoms with van der Waals surface area (Å²) >= 11 is 5.78. The molecule has 30 heavy (non-hydrogen) atoms. The lowest BCUT2D eigenvalue weighted by molar-refractivity contribution is -0.142. The zero-order chi connectivity index (χ0) is 21.9. The van der Waals surface area contributed by atoms with Gasteiger partial charge in [0.05, 0.1) is 13.7 Å². The summed E-state index contributed by atoms with van der Waals surface area (Å²) in [5.41, 5.74) is 1.56. The molecule has 162 valence electrons. The molecule has 1 amide bonds. The number of methoxy groups -OCH3 is 1. The van der Waals surface area contributed by atoms with E-state index in [1.165, 1.54) is 19.2 Å². The minimum atomic E-state index is -0.949. The van der Waals surface area contributed by atoms with E-state index in [1.54, 1.807) is 36.4 Å². The highest BCUT2D eigenvalue weighted by Crippen LogP contribution is 2.20. The van der Waals surface area contributed by atoms with E-state index in [0.717, 1.165) is 11.3 Å². The van der Waals surface area contributed by atoms with E-state index in [-0.39, 0.29) is 18.8 Å². The minimum Gasteiger partial charge on any atom is -0.508 e. The van der Waals surface area contributed by atoms with Crippen LogP contribution in [0.4, 0.5) is 10.5 Å². The van der Waals surface area contributed by atoms with Gasteiger partial charge in [0.1, 0.15) is 17.5 Å². The number of rotatable bonds is 10. The van der Waals surface area contributed by atoms with Gasteiger partial charge in [-0.15, -0.1) is 11.6 Å². The summed E-state index contributed by atoms with van der Waals surface area (Å²) in [7, 11) is 1.23. The van der Waals surface area contributed by atoms with Gasteiger partial charge in [0.25, 0.3) is 0 Å². The molecule has 0 radical (unpaired) electrons. The number of phenolic OH excluding ortho intramolecular Hbond substituents is 1. The number of ether oxygens (including phenoxy) is 2. The van der Waals surface area contributed by atoms with Crippen molar-refractivity contribution in [1.29, 1.82) is 0 Å². The number of alkyl halides is 1. The molecule has 8 nitrogen and oxygen atoms in total. The number of aromatic hydroxyl groups is 1. The molecule has 2 aromatic rings. The zero-order valence-corrected chi connectivity index (χ0v) is 17.3. The topological polar surface area (TPSA) is 108 Å². The average Bonchev–Trinajstić information content (AvgIpc) is 2.74. The van der Waals surface area contributed by atoms with Crippen LogP contribution >= 0.6 is 11.6 Å². The predicted octanol–water partition coefficient (Wildman–Crippen LogP) is 2.30. The number of nitrogens with zero attached hydrogens (tertiary/aromatic N) is 1. The van der Waals surface area contributed by atoms with Crippen molar-refractivity contribution in [2.24, 2.45) is 0 Å². The third-order valence-corrected chi connectivity index (χ3v) is 4.46. The van der Waals surface area contributed by atoms with E-state index in [4.69, 9.17) is 26.2 Å². The third kappa shape index (κ3) is 7.13. The van der Waals surface area contributed by atoms with Gasteiger partial charge in [0, 0.05) is 31.1 Å². The molecule has 0 aliphatic heterocycles. The first kappa shape index (κ1) is 23.3. The fourth-order valence-electron chi connectivity index (χ4n) is 2.80. The van der Waals surface area contributed by atoms with E-state index < -0.39 is 18.1 Å². The van der Waals surface area contributed by atoms with Crippen LogP contribution in [0.15, 0.2) is 48.5 Å². The number of esters is 1. The fraction of sp³-hybridized carbons (Fsp3) is 0.333. The van der Waals surface area contributed by atoms with Gasteiger partial charge in [0.15, 0.2) is 0 Å². The number of hydrogen-bond donors (Lipinski definition) is 3. The van der Waals surface area contributed by atoms with Crippen molar-refractivity contribution >= 4 is 29.4 Å². The van der Waals surface area contributed by atoms with Gasteiger partial charge in [-0.25, -0.2) is 9.59 Å². The number of aliphatic hydroxyl groups is 1. The zero-order valence-electron chi connectivity index (χ0n) is 16.6. The second-order valence-electron chi connectivity index (χ2n) is 6.37. The van der Waals surface area contributed by atoms with Crippen LogP contribution in [0.25, 0.3) is 0 Å². The van der Waals surface area contributed by atoms with Crippen LogP contribution in [-0.2, 0) is 16.0 Å². The standard InChI is InChI=1S/C21H25ClN2O6/c1-29-20(27)19(14-15-2-6-17(26)7-3-15)23-21(28)30-18-8-4-16(5-9-18)24(11-10-22)12-13-25/h2-9,19,25-26H,10-14H2,1H3,(H,23,28). The van der Waals surface area contributed by atoms with Crippen LogP contribution in [0, 0.1) is 0 Å². The molecule has 0 heterocycles. The van der Waals surface area contributed by atoms with Gasteiger partial charge < -0.3 is 29.9 Å². The molecule has 0 bridgehead atoms. The summed E-state index contributed by atoms with van der Waals surface area (Å²) in [4.78, 5) is 26.2. The van der Waals surface area contributed by atoms with Gasteiger partial charge >= 0.3 is 12.1 Å². The highest BCUT2D eigenvalue weighted by atomic mass is 35.5. The molecule has 0 fully saturated rings. The van der Waals surface area contributed by atoms with Gasteiger partial charge in [0.2, 0.25) is 0 Å². The molecule has 3 N–H and O–H groups in total. The first-order valence-corrected chi connectivity index (χ1v) is 9.86. The SMILES string of the molecule is COC(=O)C(Cc1ccc(O)cc1)NC(=O)Oc1ccc(N(CCO)CCCl)cc1. The molecule has 0 aliphatic carbocycles. The van der Waals surface area contributed by atoms with Gasteiger partial charge in [-0.1, -0.05) is 12.1 Å². The van der Waals surface area contributed by atoms with Crippen LogP contribution in [-0.4, -0.2) is 61.0 Å². The molecule has 0 aliphatic rings. The Morgan fingerprint density at radius 3 is 2.33 bits per heavy atom. The normalized spacial score (nSPS) is 11.4. The maximum Gasteiger partial charge on any atom is 0.413 e. The molecular weight excluding hydrogens is 412 g/mol. The molecule has 9 heteroatoms. The third-order valence-electron chi connectivity index (χ3n) is 4.29. The quantitative estimate of drug-likeness (QED) is 0.387. The number of carbonyl (C=O) groups excluding carboxylic acids is 2. The number of carbonyl (C=O) groups is 2. The van der Waals surface area contributed by atoms with Crippen molar-refractivity contribution < 1.29 is 29.3 Å². The smallest absolute Gasteiger partial charge is 0.413 e. The van der Waals surface area contributed by atoms with Crippen LogP contribution in [0.5, 0.6) is 11.5 Å². The number of anilines is 1. The number of aliphatic hydroxyl groups excluding tert-OH is 1. The lowest BCUT2D eigenvalue weighted by Gasteiger charge is -2.23. The van der Waals surface area contributed by atoms with Gasteiger partial charge in [-0.05, 0) is 42.0 Å². The van der Waals surface area contributed by atoms with Crippen molar-refractivity contribution in [1.82, 2.24) is 5.32 Å². The molecule has 0 saturated carbocycles. The summed E-state index contributed by atoms with van der Waals surface area (Å²) in [5.74, 6) is 0.194. The van der Waals surface area contributed by atoms with Crippen molar-refractivity contribution in [3.05, 3.63) is 54.1 Å². The molecule has 0 aromatic heterocycles. The van der Waals surface area contributed by atoms with Crippen LogP contribution in [0.2, 0.25) is 0 Å². The van der Waals surface area contributed by atoms with E-state index in [2.05, 4.69) is 5.32 Å². The summed E-state index contributed by atoms with van der Waals surface area (Å²) < 4.78 is 10.0. The monoisotopic (exact) mass is 436 g/mol. The summed E-state index contributed by atoms with van der Waals surface area (Å²) in [6.45, 7) is 1.000. The van der Waals surface area contributed by atoms with Crippen molar-refractivity contribution in [2.75, 3.05) is 37.6 Å². The predicted molar refractivity (Wildman–Crippen MR) is 113 cm³/mol. The van der Waals surface area contributed by atoms with Crippen molar-refractivity contribution in [2.45, 2.75) is 12.5 Å². The van der Waals surface area contributed by atoms with Crippen LogP contribution in [0.3, 0.4) is 0 Å². The van der Waals surface area contributed by atoms with E-state index >= 15 is 0 Å². The first-order valence-electron chi connectivity index (χ1n) is 9.32. The van der Waals surface area contributed by atoms with Gasteiger partial charge in [-0.3, -0.25) is 0 Å². The minimum absolute atomic E-state index is 0.00645. The molecule has 2 rings (SSSR count). The lowest BCUT2D eigenvalue weighted by Crippen LogP contribution is -2.44. The Morgan fingerprint density at radius 2 is 1.77 bits per heavy atom. The maximum absolute atomic E-state index is 12.3. The number of nitrogens with one attached hydrogen (secondary N) is 1. The Morgan fingerprint density at radius 1 is 1.10 bits per heavy atom. The maximum atomic E-state index is 12.3. The second-order valence-corrected chi connectivity index (χ2v) is 6.75. The molecule has 1 unspecified atom stereocenters. The van der Waals surface area contributed by atoms with E-state index in [0.29, 0.717) is 24.7 Å². The first-order chi connectivity index (χ1) is 14.5. The Labute approximate surface area is 180 Å². The Kier molecular flexibility index (Phi) is 9.24. The van der Waals surface area contributed by atoms with Crippen molar-refractivity contribution in [3.63, 3.8) is 0 Å². The number of hydrogen-bond acceptors (Lipinski definition) is 7. The number of amides is 1.